The minimum Gasteiger partial charge on any atom is -0.489 e. The lowest BCUT2D eigenvalue weighted by atomic mass is 10.2. The first-order chi connectivity index (χ1) is 10.5. The summed E-state index contributed by atoms with van der Waals surface area (Å²) in [6, 6.07) is 13.3. The zero-order valence-corrected chi connectivity index (χ0v) is 13.9. The molecule has 0 aliphatic rings. The van der Waals surface area contributed by atoms with Gasteiger partial charge in [0, 0.05) is 13.1 Å². The van der Waals surface area contributed by atoms with E-state index in [-0.39, 0.29) is 6.10 Å². The Labute approximate surface area is 140 Å². The van der Waals surface area contributed by atoms with Crippen LogP contribution in [0, 0.1) is 0 Å². The molecule has 0 radical (unpaired) electrons. The standard InChI is InChI=1S/C17H19Cl2NO2/c1-12(21)9-20-10-13-2-5-15(6-3-13)22-11-14-4-7-16(18)17(19)8-14/h2-8,12,20-21H,9-11H2,1H3/t12-/m1/s1. The molecule has 0 aromatic heterocycles. The highest BCUT2D eigenvalue weighted by atomic mass is 35.5. The van der Waals surface area contributed by atoms with E-state index in [1.54, 1.807) is 19.1 Å². The first-order valence-corrected chi connectivity index (χ1v) is 7.84. The maximum absolute atomic E-state index is 9.19. The van der Waals surface area contributed by atoms with Gasteiger partial charge in [-0.3, -0.25) is 0 Å². The minimum atomic E-state index is -0.339. The molecule has 2 aromatic rings. The average Bonchev–Trinajstić information content (AvgIpc) is 2.49. The second kappa shape index (κ2) is 8.39. The fraction of sp³-hybridized carbons (Fsp3) is 0.294. The van der Waals surface area contributed by atoms with Gasteiger partial charge in [0.15, 0.2) is 0 Å². The Morgan fingerprint density at radius 1 is 1.05 bits per heavy atom. The number of aliphatic hydroxyl groups is 1. The Morgan fingerprint density at radius 3 is 2.36 bits per heavy atom. The SMILES string of the molecule is C[C@@H](O)CNCc1ccc(OCc2ccc(Cl)c(Cl)c2)cc1. The van der Waals surface area contributed by atoms with Gasteiger partial charge in [0.2, 0.25) is 0 Å². The molecule has 2 rings (SSSR count). The summed E-state index contributed by atoms with van der Waals surface area (Å²) in [5, 5.41) is 13.4. The molecule has 0 saturated carbocycles. The van der Waals surface area contributed by atoms with Crippen molar-refractivity contribution in [1.29, 1.82) is 0 Å². The first kappa shape index (κ1) is 17.1. The van der Waals surface area contributed by atoms with Crippen LogP contribution in [0.25, 0.3) is 0 Å². The van der Waals surface area contributed by atoms with E-state index in [1.165, 1.54) is 0 Å². The molecule has 22 heavy (non-hydrogen) atoms. The van der Waals surface area contributed by atoms with Crippen LogP contribution < -0.4 is 10.1 Å². The molecule has 5 heteroatoms. The largest absolute Gasteiger partial charge is 0.489 e. The molecule has 0 aliphatic heterocycles. The van der Waals surface area contributed by atoms with E-state index >= 15 is 0 Å². The van der Waals surface area contributed by atoms with Gasteiger partial charge in [-0.05, 0) is 42.3 Å². The van der Waals surface area contributed by atoms with Gasteiger partial charge in [-0.1, -0.05) is 41.4 Å². The van der Waals surface area contributed by atoms with Crippen LogP contribution in [0.5, 0.6) is 5.75 Å². The summed E-state index contributed by atoms with van der Waals surface area (Å²) in [4.78, 5) is 0. The van der Waals surface area contributed by atoms with Gasteiger partial charge in [0.25, 0.3) is 0 Å². The molecule has 0 bridgehead atoms. The van der Waals surface area contributed by atoms with E-state index in [0.717, 1.165) is 23.4 Å². The number of hydrogen-bond acceptors (Lipinski definition) is 3. The molecule has 0 amide bonds. The third-order valence-electron chi connectivity index (χ3n) is 3.08. The van der Waals surface area contributed by atoms with Crippen LogP contribution in [0.4, 0.5) is 0 Å². The number of nitrogens with one attached hydrogen (secondary N) is 1. The number of benzene rings is 2. The predicted molar refractivity (Wildman–Crippen MR) is 90.6 cm³/mol. The second-order valence-corrected chi connectivity index (χ2v) is 5.98. The van der Waals surface area contributed by atoms with E-state index in [0.29, 0.717) is 23.2 Å². The summed E-state index contributed by atoms with van der Waals surface area (Å²) in [5.74, 6) is 0.797. The Morgan fingerprint density at radius 2 is 1.73 bits per heavy atom. The highest BCUT2D eigenvalue weighted by Gasteiger charge is 2.01. The summed E-state index contributed by atoms with van der Waals surface area (Å²) in [6.45, 7) is 3.50. The normalized spacial score (nSPS) is 12.2. The smallest absolute Gasteiger partial charge is 0.119 e. The lowest BCUT2D eigenvalue weighted by Crippen LogP contribution is -2.23. The molecule has 0 aliphatic carbocycles. The molecule has 3 nitrogen and oxygen atoms in total. The third-order valence-corrected chi connectivity index (χ3v) is 3.82. The average molecular weight is 340 g/mol. The monoisotopic (exact) mass is 339 g/mol. The Bertz CT molecular complexity index is 600. The van der Waals surface area contributed by atoms with Crippen molar-refractivity contribution in [2.75, 3.05) is 6.54 Å². The highest BCUT2D eigenvalue weighted by Crippen LogP contribution is 2.23. The van der Waals surface area contributed by atoms with Crippen molar-refractivity contribution in [3.8, 4) is 5.75 Å². The van der Waals surface area contributed by atoms with Gasteiger partial charge in [0.05, 0.1) is 16.1 Å². The summed E-state index contributed by atoms with van der Waals surface area (Å²) in [6.07, 6.45) is -0.339. The maximum atomic E-state index is 9.19. The fourth-order valence-corrected chi connectivity index (χ4v) is 2.25. The third kappa shape index (κ3) is 5.50. The van der Waals surface area contributed by atoms with E-state index in [4.69, 9.17) is 27.9 Å². The molecule has 0 fully saturated rings. The number of halogens is 2. The molecule has 118 valence electrons. The second-order valence-electron chi connectivity index (χ2n) is 5.16. The zero-order valence-electron chi connectivity index (χ0n) is 12.4. The molecule has 0 saturated heterocycles. The number of hydrogen-bond donors (Lipinski definition) is 2. The lowest BCUT2D eigenvalue weighted by Gasteiger charge is -2.09. The molecule has 2 N–H and O–H groups in total. The predicted octanol–water partition coefficient (Wildman–Crippen LogP) is 4.04. The summed E-state index contributed by atoms with van der Waals surface area (Å²) in [5.41, 5.74) is 2.11. The van der Waals surface area contributed by atoms with Gasteiger partial charge in [0.1, 0.15) is 12.4 Å². The van der Waals surface area contributed by atoms with Crippen molar-refractivity contribution in [1.82, 2.24) is 5.32 Å². The Kier molecular flexibility index (Phi) is 6.52. The first-order valence-electron chi connectivity index (χ1n) is 7.09. The van der Waals surface area contributed by atoms with E-state index in [1.807, 2.05) is 30.3 Å². The molecule has 0 unspecified atom stereocenters. The summed E-state index contributed by atoms with van der Waals surface area (Å²) < 4.78 is 5.72. The zero-order chi connectivity index (χ0) is 15.9. The van der Waals surface area contributed by atoms with E-state index in [9.17, 15) is 5.11 Å². The Hall–Kier alpha value is -1.26. The van der Waals surface area contributed by atoms with Crippen molar-refractivity contribution in [2.45, 2.75) is 26.2 Å². The summed E-state index contributed by atoms with van der Waals surface area (Å²) in [7, 11) is 0. The van der Waals surface area contributed by atoms with Gasteiger partial charge >= 0.3 is 0 Å². The minimum absolute atomic E-state index is 0.339. The van der Waals surface area contributed by atoms with Crippen molar-refractivity contribution in [2.24, 2.45) is 0 Å². The van der Waals surface area contributed by atoms with Gasteiger partial charge < -0.3 is 15.2 Å². The number of ether oxygens (including phenoxy) is 1. The molecular weight excluding hydrogens is 321 g/mol. The van der Waals surface area contributed by atoms with Gasteiger partial charge in [-0.2, -0.15) is 0 Å². The van der Waals surface area contributed by atoms with Crippen molar-refractivity contribution >= 4 is 23.2 Å². The molecule has 0 heterocycles. The van der Waals surface area contributed by atoms with Crippen LogP contribution in [0.3, 0.4) is 0 Å². The quantitative estimate of drug-likeness (QED) is 0.799. The van der Waals surface area contributed by atoms with Crippen LogP contribution in [-0.4, -0.2) is 17.8 Å². The van der Waals surface area contributed by atoms with Crippen molar-refractivity contribution in [3.63, 3.8) is 0 Å². The molecule has 2 aromatic carbocycles. The fourth-order valence-electron chi connectivity index (χ4n) is 1.93. The van der Waals surface area contributed by atoms with Gasteiger partial charge in [-0.25, -0.2) is 0 Å². The molecule has 0 spiro atoms. The highest BCUT2D eigenvalue weighted by molar-refractivity contribution is 6.42. The maximum Gasteiger partial charge on any atom is 0.119 e. The van der Waals surface area contributed by atoms with Crippen LogP contribution in [-0.2, 0) is 13.2 Å². The van der Waals surface area contributed by atoms with E-state index in [2.05, 4.69) is 5.32 Å². The van der Waals surface area contributed by atoms with E-state index < -0.39 is 0 Å². The van der Waals surface area contributed by atoms with Crippen molar-refractivity contribution in [3.05, 3.63) is 63.6 Å². The number of aliphatic hydroxyl groups excluding tert-OH is 1. The number of rotatable bonds is 7. The summed E-state index contributed by atoms with van der Waals surface area (Å²) >= 11 is 11.9. The van der Waals surface area contributed by atoms with Gasteiger partial charge in [-0.15, -0.1) is 0 Å². The van der Waals surface area contributed by atoms with Crippen molar-refractivity contribution < 1.29 is 9.84 Å². The topological polar surface area (TPSA) is 41.5 Å². The van der Waals surface area contributed by atoms with Crippen LogP contribution >= 0.6 is 23.2 Å². The van der Waals surface area contributed by atoms with Crippen LogP contribution in [0.2, 0.25) is 10.0 Å². The molecular formula is C17H19Cl2NO2. The Balaban J connectivity index is 1.84. The lowest BCUT2D eigenvalue weighted by molar-refractivity contribution is 0.191. The van der Waals surface area contributed by atoms with Crippen LogP contribution in [0.1, 0.15) is 18.1 Å². The van der Waals surface area contributed by atoms with Crippen LogP contribution in [0.15, 0.2) is 42.5 Å². The molecule has 1 atom stereocenters.